The summed E-state index contributed by atoms with van der Waals surface area (Å²) in [5.74, 6) is -0.597. The summed E-state index contributed by atoms with van der Waals surface area (Å²) in [7, 11) is 0. The first-order valence-corrected chi connectivity index (χ1v) is 14.7. The lowest BCUT2D eigenvalue weighted by atomic mass is 9.77. The van der Waals surface area contributed by atoms with Gasteiger partial charge in [0.05, 0.1) is 19.3 Å². The van der Waals surface area contributed by atoms with Crippen LogP contribution in [-0.4, -0.2) is 52.0 Å². The van der Waals surface area contributed by atoms with Crippen molar-refractivity contribution in [2.45, 2.75) is 76.9 Å². The number of hydrogen-bond acceptors (Lipinski definition) is 7. The summed E-state index contributed by atoms with van der Waals surface area (Å²) in [6.07, 6.45) is 3.49. The second kappa shape index (κ2) is 13.1. The molecule has 0 bridgehead atoms. The molecule has 36 heavy (non-hydrogen) atoms. The molecule has 1 amide bonds. The van der Waals surface area contributed by atoms with Crippen molar-refractivity contribution in [3.63, 3.8) is 0 Å². The van der Waals surface area contributed by atoms with Crippen LogP contribution in [0.5, 0.6) is 0 Å². The third kappa shape index (κ3) is 6.89. The quantitative estimate of drug-likeness (QED) is 0.225. The number of carbonyl (C=O) groups is 2. The molecule has 3 atom stereocenters. The highest BCUT2D eigenvalue weighted by atomic mass is 32.2. The van der Waals surface area contributed by atoms with E-state index in [1.54, 1.807) is 17.9 Å². The Kier molecular flexibility index (Phi) is 10.4. The van der Waals surface area contributed by atoms with E-state index in [0.717, 1.165) is 36.1 Å². The van der Waals surface area contributed by atoms with E-state index in [4.69, 9.17) is 9.47 Å². The number of benzene rings is 1. The monoisotopic (exact) mass is 535 g/mol. The number of anilines is 1. The van der Waals surface area contributed by atoms with Gasteiger partial charge in [-0.3, -0.25) is 9.69 Å². The maximum Gasteiger partial charge on any atom is 0.348 e. The second-order valence-corrected chi connectivity index (χ2v) is 12.3. The molecular weight excluding hydrogens is 498 g/mol. The second-order valence-electron chi connectivity index (χ2n) is 9.53. The molecule has 3 rings (SSSR count). The lowest BCUT2D eigenvalue weighted by Crippen LogP contribution is -2.39. The smallest absolute Gasteiger partial charge is 0.348 e. The van der Waals surface area contributed by atoms with Crippen LogP contribution in [0, 0.1) is 0 Å². The zero-order valence-electron chi connectivity index (χ0n) is 21.5. The van der Waals surface area contributed by atoms with Gasteiger partial charge in [0.1, 0.15) is 11.5 Å². The van der Waals surface area contributed by atoms with E-state index in [0.29, 0.717) is 17.2 Å². The average molecular weight is 536 g/mol. The van der Waals surface area contributed by atoms with Gasteiger partial charge in [-0.1, -0.05) is 52.2 Å². The minimum absolute atomic E-state index is 0.0383. The molecule has 0 aliphatic carbocycles. The Labute approximate surface area is 221 Å². The van der Waals surface area contributed by atoms with Crippen LogP contribution in [-0.2, 0) is 37.5 Å². The van der Waals surface area contributed by atoms with Crippen molar-refractivity contribution in [2.75, 3.05) is 23.9 Å². The first-order valence-electron chi connectivity index (χ1n) is 12.5. The highest BCUT2D eigenvalue weighted by Gasteiger charge is 2.44. The SMILES string of the molecule is CCCCCC(O)C(C)(C)c1ccc(N2C(=O)C[S+]([O-])C2COCc2ccc(C(=O)OCC)s2)cc1. The van der Waals surface area contributed by atoms with E-state index in [-0.39, 0.29) is 30.8 Å². The van der Waals surface area contributed by atoms with Gasteiger partial charge >= 0.3 is 5.97 Å². The fourth-order valence-electron chi connectivity index (χ4n) is 4.25. The lowest BCUT2D eigenvalue weighted by molar-refractivity contribution is -0.116. The molecule has 1 aliphatic heterocycles. The Balaban J connectivity index is 1.64. The van der Waals surface area contributed by atoms with Crippen molar-refractivity contribution < 1.29 is 28.7 Å². The van der Waals surface area contributed by atoms with E-state index in [2.05, 4.69) is 6.92 Å². The number of esters is 1. The third-order valence-corrected chi connectivity index (χ3v) is 9.10. The molecule has 1 fully saturated rings. The molecule has 7 nitrogen and oxygen atoms in total. The third-order valence-electron chi connectivity index (χ3n) is 6.57. The normalized spacial score (nSPS) is 19.1. The summed E-state index contributed by atoms with van der Waals surface area (Å²) >= 11 is -0.0802. The van der Waals surface area contributed by atoms with E-state index in [1.165, 1.54) is 11.3 Å². The summed E-state index contributed by atoms with van der Waals surface area (Å²) in [6, 6.07) is 11.1. The number of hydrogen-bond donors (Lipinski definition) is 1. The number of nitrogens with zero attached hydrogens (tertiary/aromatic N) is 1. The molecule has 1 aliphatic rings. The number of amides is 1. The van der Waals surface area contributed by atoms with Crippen LogP contribution in [0.25, 0.3) is 0 Å². The van der Waals surface area contributed by atoms with Gasteiger partial charge in [-0.2, -0.15) is 0 Å². The van der Waals surface area contributed by atoms with Crippen LogP contribution in [0.2, 0.25) is 0 Å². The van der Waals surface area contributed by atoms with Crippen LogP contribution in [0.3, 0.4) is 0 Å². The van der Waals surface area contributed by atoms with Crippen LogP contribution in [0.1, 0.15) is 73.5 Å². The van der Waals surface area contributed by atoms with E-state index in [9.17, 15) is 19.2 Å². The molecule has 0 saturated carbocycles. The minimum atomic E-state index is -1.38. The average Bonchev–Trinajstić information content (AvgIpc) is 3.43. The summed E-state index contributed by atoms with van der Waals surface area (Å²) in [5, 5.41) is 10.2. The zero-order chi connectivity index (χ0) is 26.3. The van der Waals surface area contributed by atoms with Gasteiger partial charge in [-0.15, -0.1) is 11.3 Å². The van der Waals surface area contributed by atoms with Gasteiger partial charge in [0, 0.05) is 16.0 Å². The highest BCUT2D eigenvalue weighted by molar-refractivity contribution is 7.93. The number of ether oxygens (including phenoxy) is 2. The maximum absolute atomic E-state index is 12.7. The van der Waals surface area contributed by atoms with Crippen molar-refractivity contribution in [1.82, 2.24) is 0 Å². The maximum atomic E-state index is 12.7. The largest absolute Gasteiger partial charge is 0.614 e. The summed E-state index contributed by atoms with van der Waals surface area (Å²) in [5.41, 5.74) is 1.24. The fraction of sp³-hybridized carbons (Fsp3) is 0.556. The first kappa shape index (κ1) is 28.7. The van der Waals surface area contributed by atoms with Crippen LogP contribution in [0.15, 0.2) is 36.4 Å². The molecular formula is C27H37NO6S2. The number of rotatable bonds is 13. The Hall–Kier alpha value is -1.91. The molecule has 2 aromatic rings. The van der Waals surface area contributed by atoms with E-state index >= 15 is 0 Å². The van der Waals surface area contributed by atoms with Crippen molar-refractivity contribution >= 4 is 40.1 Å². The summed E-state index contributed by atoms with van der Waals surface area (Å²) < 4.78 is 23.5. The van der Waals surface area contributed by atoms with E-state index in [1.807, 2.05) is 44.2 Å². The number of unbranched alkanes of at least 4 members (excludes halogenated alkanes) is 2. The Morgan fingerprint density at radius 3 is 2.61 bits per heavy atom. The van der Waals surface area contributed by atoms with Crippen LogP contribution >= 0.6 is 11.3 Å². The van der Waals surface area contributed by atoms with Crippen molar-refractivity contribution in [2.24, 2.45) is 0 Å². The van der Waals surface area contributed by atoms with E-state index < -0.39 is 28.1 Å². The standard InChI is InChI=1S/C27H37NO6S2/c1-5-7-8-9-23(29)27(3,4)19-10-12-20(13-11-19)28-24(30)18-36(32)25(28)17-33-16-21-14-15-22(35-21)26(31)34-6-2/h10-15,23,25,29H,5-9,16-18H2,1-4H3. The fourth-order valence-corrected chi connectivity index (χ4v) is 6.38. The summed E-state index contributed by atoms with van der Waals surface area (Å²) in [4.78, 5) is 27.5. The highest BCUT2D eigenvalue weighted by Crippen LogP contribution is 2.33. The molecule has 198 valence electrons. The van der Waals surface area contributed by atoms with Crippen LogP contribution < -0.4 is 4.90 Å². The number of aliphatic hydroxyl groups excluding tert-OH is 1. The number of thiophene rings is 1. The Bertz CT molecular complexity index is 1010. The van der Waals surface area contributed by atoms with Gasteiger partial charge < -0.3 is 19.1 Å². The predicted octanol–water partition coefficient (Wildman–Crippen LogP) is 4.78. The van der Waals surface area contributed by atoms with Crippen LogP contribution in [0.4, 0.5) is 5.69 Å². The van der Waals surface area contributed by atoms with Crippen molar-refractivity contribution in [1.29, 1.82) is 0 Å². The zero-order valence-corrected chi connectivity index (χ0v) is 23.2. The predicted molar refractivity (Wildman–Crippen MR) is 144 cm³/mol. The number of aliphatic hydroxyl groups is 1. The molecule has 0 radical (unpaired) electrons. The molecule has 1 aromatic heterocycles. The Morgan fingerprint density at radius 2 is 1.94 bits per heavy atom. The minimum Gasteiger partial charge on any atom is -0.614 e. The van der Waals surface area contributed by atoms with Crippen molar-refractivity contribution in [3.05, 3.63) is 51.7 Å². The lowest BCUT2D eigenvalue weighted by Gasteiger charge is -2.32. The van der Waals surface area contributed by atoms with Gasteiger partial charge in [-0.25, -0.2) is 4.79 Å². The first-order chi connectivity index (χ1) is 17.2. The molecule has 1 saturated heterocycles. The number of carbonyl (C=O) groups excluding carboxylic acids is 2. The molecule has 0 spiro atoms. The van der Waals surface area contributed by atoms with Crippen molar-refractivity contribution in [3.8, 4) is 0 Å². The summed E-state index contributed by atoms with van der Waals surface area (Å²) in [6.45, 7) is 8.66. The van der Waals surface area contributed by atoms with Gasteiger partial charge in [0.2, 0.25) is 5.37 Å². The van der Waals surface area contributed by atoms with Gasteiger partial charge in [-0.05, 0) is 54.3 Å². The molecule has 3 unspecified atom stereocenters. The molecule has 9 heteroatoms. The topological polar surface area (TPSA) is 99.1 Å². The van der Waals surface area contributed by atoms with Gasteiger partial charge in [0.25, 0.3) is 5.91 Å². The Morgan fingerprint density at radius 1 is 1.22 bits per heavy atom. The molecule has 1 aromatic carbocycles. The molecule has 2 heterocycles. The molecule has 1 N–H and O–H groups in total. The van der Waals surface area contributed by atoms with Gasteiger partial charge in [0.15, 0.2) is 5.75 Å².